The quantitative estimate of drug-likeness (QED) is 0.869. The largest absolute Gasteiger partial charge is 0.586 e. The van der Waals surface area contributed by atoms with E-state index >= 15 is 0 Å². The molecule has 0 amide bonds. The summed E-state index contributed by atoms with van der Waals surface area (Å²) in [4.78, 5) is 0. The minimum atomic E-state index is -3.71. The van der Waals surface area contributed by atoms with Gasteiger partial charge in [-0.3, -0.25) is 0 Å². The highest BCUT2D eigenvalue weighted by Crippen LogP contribution is 2.42. The fourth-order valence-corrected chi connectivity index (χ4v) is 1.52. The van der Waals surface area contributed by atoms with Gasteiger partial charge >= 0.3 is 6.29 Å². The Hall–Kier alpha value is -1.21. The molecule has 3 nitrogen and oxygen atoms in total. The number of fused-ring (bicyclic) bond motifs is 1. The topological polar surface area (TPSA) is 44.5 Å². The lowest BCUT2D eigenvalue weighted by Crippen LogP contribution is -2.25. The summed E-state index contributed by atoms with van der Waals surface area (Å²) in [5, 5.41) is 0. The van der Waals surface area contributed by atoms with Crippen molar-refractivity contribution >= 4 is 12.4 Å². The van der Waals surface area contributed by atoms with E-state index in [1.54, 1.807) is 0 Å². The molecule has 18 heavy (non-hydrogen) atoms. The molecular formula is C10H10ClF4NO2. The van der Waals surface area contributed by atoms with E-state index in [-0.39, 0.29) is 23.9 Å². The van der Waals surface area contributed by atoms with Crippen LogP contribution in [0.2, 0.25) is 0 Å². The molecule has 102 valence electrons. The number of ether oxygens (including phenoxy) is 2. The first kappa shape index (κ1) is 14.8. The number of rotatable bonds is 3. The van der Waals surface area contributed by atoms with Gasteiger partial charge in [0.1, 0.15) is 0 Å². The highest BCUT2D eigenvalue weighted by molar-refractivity contribution is 5.85. The van der Waals surface area contributed by atoms with Gasteiger partial charge in [-0.15, -0.1) is 21.2 Å². The Kier molecular flexibility index (Phi) is 4.28. The summed E-state index contributed by atoms with van der Waals surface area (Å²) in [5.41, 5.74) is 5.79. The number of halogens is 5. The van der Waals surface area contributed by atoms with Crippen molar-refractivity contribution in [3.05, 3.63) is 23.8 Å². The molecule has 0 fully saturated rings. The summed E-state index contributed by atoms with van der Waals surface area (Å²) in [7, 11) is 0. The van der Waals surface area contributed by atoms with Crippen LogP contribution in [0.1, 0.15) is 18.0 Å². The van der Waals surface area contributed by atoms with Crippen molar-refractivity contribution in [3.63, 3.8) is 0 Å². The number of hydrogen-bond acceptors (Lipinski definition) is 3. The summed E-state index contributed by atoms with van der Waals surface area (Å²) in [6.07, 6.45) is -6.82. The van der Waals surface area contributed by atoms with Gasteiger partial charge < -0.3 is 15.2 Å². The Labute approximate surface area is 106 Å². The van der Waals surface area contributed by atoms with Gasteiger partial charge in [0.2, 0.25) is 6.43 Å². The van der Waals surface area contributed by atoms with Crippen LogP contribution in [0.4, 0.5) is 17.6 Å². The van der Waals surface area contributed by atoms with Gasteiger partial charge in [-0.25, -0.2) is 8.78 Å². The number of hydrogen-bond donors (Lipinski definition) is 1. The highest BCUT2D eigenvalue weighted by Gasteiger charge is 2.43. The minimum absolute atomic E-state index is 0. The van der Waals surface area contributed by atoms with Gasteiger partial charge in [0.25, 0.3) is 0 Å². The van der Waals surface area contributed by atoms with Crippen molar-refractivity contribution in [2.24, 2.45) is 5.73 Å². The van der Waals surface area contributed by atoms with Crippen LogP contribution < -0.4 is 15.2 Å². The Morgan fingerprint density at radius 1 is 1.17 bits per heavy atom. The van der Waals surface area contributed by atoms with Crippen molar-refractivity contribution in [1.29, 1.82) is 0 Å². The van der Waals surface area contributed by atoms with Crippen molar-refractivity contribution < 1.29 is 27.0 Å². The van der Waals surface area contributed by atoms with Crippen molar-refractivity contribution in [2.45, 2.75) is 25.2 Å². The maximum atomic E-state index is 12.7. The second-order valence-corrected chi connectivity index (χ2v) is 3.61. The zero-order valence-electron chi connectivity index (χ0n) is 8.91. The summed E-state index contributed by atoms with van der Waals surface area (Å²) in [6, 6.07) is 2.83. The van der Waals surface area contributed by atoms with Gasteiger partial charge in [-0.05, 0) is 17.7 Å². The van der Waals surface area contributed by atoms with Crippen LogP contribution in [0.3, 0.4) is 0 Å². The minimum Gasteiger partial charge on any atom is -0.395 e. The smallest absolute Gasteiger partial charge is 0.395 e. The molecular weight excluding hydrogens is 278 g/mol. The molecule has 1 atom stereocenters. The van der Waals surface area contributed by atoms with E-state index in [1.807, 2.05) is 0 Å². The first-order valence-electron chi connectivity index (χ1n) is 4.81. The lowest BCUT2D eigenvalue weighted by molar-refractivity contribution is -0.286. The Bertz CT molecular complexity index is 430. The summed E-state index contributed by atoms with van der Waals surface area (Å²) >= 11 is 0. The molecule has 0 saturated carbocycles. The summed E-state index contributed by atoms with van der Waals surface area (Å²) in [5.74, 6) is -0.333. The van der Waals surface area contributed by atoms with Crippen molar-refractivity contribution in [1.82, 2.24) is 0 Å². The maximum absolute atomic E-state index is 12.7. The third-order valence-corrected chi connectivity index (χ3v) is 2.29. The lowest BCUT2D eigenvalue weighted by Gasteiger charge is -2.11. The van der Waals surface area contributed by atoms with Crippen LogP contribution in [0.25, 0.3) is 0 Å². The maximum Gasteiger partial charge on any atom is 0.586 e. The number of nitrogens with two attached hydrogens (primary N) is 1. The second-order valence-electron chi connectivity index (χ2n) is 3.61. The Morgan fingerprint density at radius 3 is 2.39 bits per heavy atom. The van der Waals surface area contributed by atoms with Gasteiger partial charge in [-0.2, -0.15) is 0 Å². The average Bonchev–Trinajstić information content (AvgIpc) is 2.48. The molecule has 0 saturated heterocycles. The van der Waals surface area contributed by atoms with E-state index < -0.39 is 25.2 Å². The van der Waals surface area contributed by atoms with E-state index in [0.717, 1.165) is 0 Å². The zero-order chi connectivity index (χ0) is 12.6. The fraction of sp³-hybridized carbons (Fsp3) is 0.400. The van der Waals surface area contributed by atoms with Crippen molar-refractivity contribution in [2.75, 3.05) is 0 Å². The standard InChI is InChI=1S/C10H9F4NO2.ClH/c11-9(12)4-6(15)5-1-2-7-8(3-5)17-10(13,14)16-7;/h1-3,6,9H,4,15H2;1H/t6-;/m1./s1. The van der Waals surface area contributed by atoms with E-state index in [4.69, 9.17) is 5.73 Å². The number of benzene rings is 1. The molecule has 0 aromatic heterocycles. The molecule has 0 unspecified atom stereocenters. The predicted octanol–water partition coefficient (Wildman–Crippen LogP) is 3.08. The van der Waals surface area contributed by atoms with E-state index in [9.17, 15) is 17.6 Å². The lowest BCUT2D eigenvalue weighted by atomic mass is 10.0. The molecule has 8 heteroatoms. The SMILES string of the molecule is Cl.N[C@H](CC(F)F)c1ccc2c(c1)OC(F)(F)O2. The molecule has 1 heterocycles. The second kappa shape index (κ2) is 5.19. The van der Waals surface area contributed by atoms with Gasteiger partial charge in [0.15, 0.2) is 11.5 Å². The fourth-order valence-electron chi connectivity index (χ4n) is 1.52. The van der Waals surface area contributed by atoms with Crippen LogP contribution in [0.5, 0.6) is 11.5 Å². The molecule has 1 aliphatic heterocycles. The normalized spacial score (nSPS) is 17.4. The van der Waals surface area contributed by atoms with Crippen LogP contribution in [-0.2, 0) is 0 Å². The third-order valence-electron chi connectivity index (χ3n) is 2.29. The molecule has 2 N–H and O–H groups in total. The van der Waals surface area contributed by atoms with E-state index in [2.05, 4.69) is 9.47 Å². The molecule has 0 aliphatic carbocycles. The molecule has 1 aromatic rings. The summed E-state index contributed by atoms with van der Waals surface area (Å²) < 4.78 is 57.9. The first-order valence-corrected chi connectivity index (χ1v) is 4.81. The highest BCUT2D eigenvalue weighted by atomic mass is 35.5. The monoisotopic (exact) mass is 287 g/mol. The third kappa shape index (κ3) is 3.17. The molecule has 2 rings (SSSR count). The van der Waals surface area contributed by atoms with Crippen molar-refractivity contribution in [3.8, 4) is 11.5 Å². The van der Waals surface area contributed by atoms with E-state index in [0.29, 0.717) is 5.56 Å². The average molecular weight is 288 g/mol. The Balaban J connectivity index is 0.00000162. The zero-order valence-corrected chi connectivity index (χ0v) is 9.72. The van der Waals surface area contributed by atoms with E-state index in [1.165, 1.54) is 18.2 Å². The molecule has 0 bridgehead atoms. The molecule has 0 radical (unpaired) electrons. The van der Waals surface area contributed by atoms with Gasteiger partial charge in [0.05, 0.1) is 0 Å². The molecule has 0 spiro atoms. The number of alkyl halides is 4. The van der Waals surface area contributed by atoms with Crippen LogP contribution in [0.15, 0.2) is 18.2 Å². The van der Waals surface area contributed by atoms with Crippen LogP contribution >= 0.6 is 12.4 Å². The summed E-state index contributed by atoms with van der Waals surface area (Å²) in [6.45, 7) is 0. The van der Waals surface area contributed by atoms with Gasteiger partial charge in [0, 0.05) is 12.5 Å². The van der Waals surface area contributed by atoms with Crippen LogP contribution in [-0.4, -0.2) is 12.7 Å². The van der Waals surface area contributed by atoms with Crippen LogP contribution in [0, 0.1) is 0 Å². The Morgan fingerprint density at radius 2 is 1.78 bits per heavy atom. The first-order chi connectivity index (χ1) is 7.87. The molecule has 1 aliphatic rings. The molecule has 1 aromatic carbocycles. The van der Waals surface area contributed by atoms with Gasteiger partial charge in [-0.1, -0.05) is 6.07 Å². The predicted molar refractivity (Wildman–Crippen MR) is 57.4 cm³/mol.